The third kappa shape index (κ3) is 5.65. The number of guanidine groups is 1. The summed E-state index contributed by atoms with van der Waals surface area (Å²) in [5.74, 6) is 1.05. The van der Waals surface area contributed by atoms with Gasteiger partial charge >= 0.3 is 5.97 Å². The van der Waals surface area contributed by atoms with Crippen molar-refractivity contribution in [3.63, 3.8) is 0 Å². The van der Waals surface area contributed by atoms with E-state index in [1.54, 1.807) is 6.92 Å². The fourth-order valence-electron chi connectivity index (χ4n) is 2.72. The first-order valence-electron chi connectivity index (χ1n) is 9.51. The number of ether oxygens (including phenoxy) is 1. The molecule has 1 unspecified atom stereocenters. The van der Waals surface area contributed by atoms with Gasteiger partial charge < -0.3 is 15.4 Å². The van der Waals surface area contributed by atoms with E-state index in [0.29, 0.717) is 36.2 Å². The van der Waals surface area contributed by atoms with Crippen molar-refractivity contribution in [2.24, 2.45) is 4.99 Å². The lowest BCUT2D eigenvalue weighted by molar-refractivity contribution is 0.0531. The van der Waals surface area contributed by atoms with E-state index >= 15 is 0 Å². The number of nitrogens with one attached hydrogen (secondary N) is 2. The second-order valence-electron chi connectivity index (χ2n) is 6.29. The first-order valence-corrected chi connectivity index (χ1v) is 10.3. The van der Waals surface area contributed by atoms with Gasteiger partial charge in [-0.05, 0) is 39.8 Å². The second-order valence-corrected chi connectivity index (χ2v) is 7.32. The van der Waals surface area contributed by atoms with Crippen LogP contribution >= 0.6 is 35.3 Å². The van der Waals surface area contributed by atoms with Crippen LogP contribution in [-0.2, 0) is 11.3 Å². The predicted octanol–water partition coefficient (Wildman–Crippen LogP) is 3.11. The quantitative estimate of drug-likeness (QED) is 0.204. The van der Waals surface area contributed by atoms with Crippen molar-refractivity contribution in [1.82, 2.24) is 30.2 Å². The van der Waals surface area contributed by atoms with Crippen LogP contribution in [0.15, 0.2) is 29.4 Å². The van der Waals surface area contributed by atoms with Crippen LogP contribution in [-0.4, -0.2) is 44.7 Å². The number of aryl methyl sites for hydroxylation is 1. The molecule has 0 aromatic carbocycles. The van der Waals surface area contributed by atoms with Crippen molar-refractivity contribution in [1.29, 1.82) is 0 Å². The molecule has 1 atom stereocenters. The third-order valence-electron chi connectivity index (χ3n) is 4.10. The number of carbonyl (C=O) groups excluding carboxylic acids is 1. The number of esters is 1. The average molecular weight is 543 g/mol. The van der Waals surface area contributed by atoms with Crippen molar-refractivity contribution < 1.29 is 9.53 Å². The summed E-state index contributed by atoms with van der Waals surface area (Å²) in [5.41, 5.74) is 1.46. The van der Waals surface area contributed by atoms with E-state index < -0.39 is 0 Å². The fourth-order valence-corrected chi connectivity index (χ4v) is 3.69. The van der Waals surface area contributed by atoms with E-state index in [1.807, 2.05) is 49.6 Å². The molecule has 3 rings (SSSR count). The van der Waals surface area contributed by atoms with Crippen molar-refractivity contribution in [3.8, 4) is 0 Å². The van der Waals surface area contributed by atoms with E-state index in [9.17, 15) is 4.79 Å². The molecule has 162 valence electrons. The topological polar surface area (TPSA) is 106 Å². The Morgan fingerprint density at radius 3 is 2.87 bits per heavy atom. The minimum absolute atomic E-state index is 0. The maximum Gasteiger partial charge on any atom is 0.350 e. The zero-order valence-electron chi connectivity index (χ0n) is 17.4. The van der Waals surface area contributed by atoms with Gasteiger partial charge in [0.05, 0.1) is 18.3 Å². The van der Waals surface area contributed by atoms with E-state index in [1.165, 1.54) is 11.3 Å². The highest BCUT2D eigenvalue weighted by molar-refractivity contribution is 14.0. The summed E-state index contributed by atoms with van der Waals surface area (Å²) >= 11 is 1.34. The molecule has 0 spiro atoms. The molecule has 0 radical (unpaired) electrons. The SMILES string of the molecule is CCNC(=NCc1nnc2ccccn12)NC(C)c1nc(C)c(C(=O)OCC)s1.I. The summed E-state index contributed by atoms with van der Waals surface area (Å²) in [6.07, 6.45) is 1.92. The number of rotatable bonds is 7. The summed E-state index contributed by atoms with van der Waals surface area (Å²) in [7, 11) is 0. The number of pyridine rings is 1. The van der Waals surface area contributed by atoms with Gasteiger partial charge in [0.15, 0.2) is 17.4 Å². The Morgan fingerprint density at radius 1 is 1.33 bits per heavy atom. The minimum Gasteiger partial charge on any atom is -0.462 e. The van der Waals surface area contributed by atoms with Gasteiger partial charge in [0.1, 0.15) is 16.4 Å². The molecule has 3 aromatic rings. The normalized spacial score (nSPS) is 12.3. The van der Waals surface area contributed by atoms with Gasteiger partial charge in [0, 0.05) is 12.7 Å². The number of aromatic nitrogens is 4. The van der Waals surface area contributed by atoms with Crippen molar-refractivity contribution >= 4 is 52.9 Å². The number of nitrogens with zero attached hydrogens (tertiary/aromatic N) is 5. The second kappa shape index (κ2) is 11.2. The molecule has 0 aliphatic heterocycles. The molecule has 11 heteroatoms. The number of hydrogen-bond donors (Lipinski definition) is 2. The first kappa shape index (κ1) is 24.0. The molecule has 3 aromatic heterocycles. The Balaban J connectivity index is 0.00000320. The number of halogens is 1. The van der Waals surface area contributed by atoms with Gasteiger partial charge in [-0.2, -0.15) is 0 Å². The summed E-state index contributed by atoms with van der Waals surface area (Å²) in [6, 6.07) is 5.62. The van der Waals surface area contributed by atoms with Crippen LogP contribution in [0.4, 0.5) is 0 Å². The van der Waals surface area contributed by atoms with E-state index in [2.05, 4.69) is 30.8 Å². The van der Waals surface area contributed by atoms with E-state index in [0.717, 1.165) is 16.5 Å². The largest absolute Gasteiger partial charge is 0.462 e. The maximum absolute atomic E-state index is 12.0. The molecule has 0 aliphatic rings. The Morgan fingerprint density at radius 2 is 2.13 bits per heavy atom. The van der Waals surface area contributed by atoms with Gasteiger partial charge in [-0.1, -0.05) is 6.07 Å². The summed E-state index contributed by atoms with van der Waals surface area (Å²) in [5, 5.41) is 15.7. The maximum atomic E-state index is 12.0. The highest BCUT2D eigenvalue weighted by Crippen LogP contribution is 2.24. The summed E-state index contributed by atoms with van der Waals surface area (Å²) < 4.78 is 7.01. The average Bonchev–Trinajstić information content (AvgIpc) is 3.30. The lowest BCUT2D eigenvalue weighted by Crippen LogP contribution is -2.38. The third-order valence-corrected chi connectivity index (χ3v) is 5.42. The molecule has 30 heavy (non-hydrogen) atoms. The van der Waals surface area contributed by atoms with Crippen molar-refractivity contribution in [3.05, 3.63) is 45.8 Å². The lowest BCUT2D eigenvalue weighted by Gasteiger charge is -2.15. The van der Waals surface area contributed by atoms with Crippen molar-refractivity contribution in [2.75, 3.05) is 13.2 Å². The van der Waals surface area contributed by atoms with Crippen LogP contribution in [0.2, 0.25) is 0 Å². The van der Waals surface area contributed by atoms with E-state index in [-0.39, 0.29) is 36.0 Å². The molecule has 0 saturated carbocycles. The molecule has 9 nitrogen and oxygen atoms in total. The Hall–Kier alpha value is -2.28. The van der Waals surface area contributed by atoms with Gasteiger partial charge in [-0.25, -0.2) is 14.8 Å². The molecule has 3 heterocycles. The van der Waals surface area contributed by atoms with Gasteiger partial charge in [-0.3, -0.25) is 4.40 Å². The number of hydrogen-bond acceptors (Lipinski definition) is 7. The van der Waals surface area contributed by atoms with Crippen LogP contribution in [0.1, 0.15) is 53.0 Å². The molecule has 0 aliphatic carbocycles. The lowest BCUT2D eigenvalue weighted by atomic mass is 10.3. The molecule has 0 amide bonds. The summed E-state index contributed by atoms with van der Waals surface area (Å²) in [6.45, 7) is 9.01. The monoisotopic (exact) mass is 543 g/mol. The van der Waals surface area contributed by atoms with E-state index in [4.69, 9.17) is 4.74 Å². The molecule has 2 N–H and O–H groups in total. The highest BCUT2D eigenvalue weighted by atomic mass is 127. The fraction of sp³-hybridized carbons (Fsp3) is 0.421. The highest BCUT2D eigenvalue weighted by Gasteiger charge is 2.20. The zero-order chi connectivity index (χ0) is 20.8. The number of thiazole rings is 1. The molecular formula is C19H26IN7O2S. The Labute approximate surface area is 196 Å². The predicted molar refractivity (Wildman–Crippen MR) is 128 cm³/mol. The summed E-state index contributed by atoms with van der Waals surface area (Å²) in [4.78, 5) is 21.7. The molecule has 0 bridgehead atoms. The van der Waals surface area contributed by atoms with Gasteiger partial charge in [0.2, 0.25) is 0 Å². The van der Waals surface area contributed by atoms with Crippen molar-refractivity contribution in [2.45, 2.75) is 40.3 Å². The molecular weight excluding hydrogens is 517 g/mol. The molecule has 0 saturated heterocycles. The standard InChI is InChI=1S/C19H25N7O2S.HI/c1-5-20-19(21-11-15-25-24-14-9-7-8-10-26(14)15)23-13(4)17-22-12(3)16(29-17)18(27)28-6-2;/h7-10,13H,5-6,11H2,1-4H3,(H2,20,21,23);1H. The minimum atomic E-state index is -0.333. The van der Waals surface area contributed by atoms with Crippen LogP contribution in [0.3, 0.4) is 0 Å². The van der Waals surface area contributed by atoms with Gasteiger partial charge in [0.25, 0.3) is 0 Å². The van der Waals surface area contributed by atoms with Crippen LogP contribution in [0, 0.1) is 6.92 Å². The number of fused-ring (bicyclic) bond motifs is 1. The molecule has 0 fully saturated rings. The smallest absolute Gasteiger partial charge is 0.350 e. The Kier molecular flexibility index (Phi) is 8.96. The number of carbonyl (C=O) groups is 1. The first-order chi connectivity index (χ1) is 14.0. The van der Waals surface area contributed by atoms with Crippen LogP contribution in [0.25, 0.3) is 5.65 Å². The number of aliphatic imine (C=N–C) groups is 1. The van der Waals surface area contributed by atoms with Crippen LogP contribution < -0.4 is 10.6 Å². The van der Waals surface area contributed by atoms with Gasteiger partial charge in [-0.15, -0.1) is 45.5 Å². The Bertz CT molecular complexity index is 1020. The zero-order valence-corrected chi connectivity index (χ0v) is 20.5. The van der Waals surface area contributed by atoms with Crippen LogP contribution in [0.5, 0.6) is 0 Å².